The molecule has 0 saturated heterocycles. The lowest BCUT2D eigenvalue weighted by Gasteiger charge is -2.08. The molecule has 0 bridgehead atoms. The molecule has 0 aliphatic rings. The number of benzene rings is 2. The van der Waals surface area contributed by atoms with Crippen LogP contribution in [-0.2, 0) is 0 Å². The smallest absolute Gasteiger partial charge is 0.455 e. The maximum atomic E-state index is 12.1. The number of nitrogens with one attached hydrogen (secondary N) is 1. The van der Waals surface area contributed by atoms with Crippen LogP contribution in [0.15, 0.2) is 64.1 Å². The molecule has 25 heavy (non-hydrogen) atoms. The van der Waals surface area contributed by atoms with Gasteiger partial charge in [0.05, 0.1) is 6.21 Å². The lowest BCUT2D eigenvalue weighted by Crippen LogP contribution is -2.18. The van der Waals surface area contributed by atoms with Crippen LogP contribution in [0.25, 0.3) is 11.0 Å². The summed E-state index contributed by atoms with van der Waals surface area (Å²) >= 11 is 0. The van der Waals surface area contributed by atoms with Gasteiger partial charge in [-0.2, -0.15) is 5.10 Å². The van der Waals surface area contributed by atoms with Crippen molar-refractivity contribution in [3.63, 3.8) is 0 Å². The van der Waals surface area contributed by atoms with Crippen LogP contribution >= 0.6 is 0 Å². The van der Waals surface area contributed by atoms with E-state index in [9.17, 15) is 18.0 Å². The van der Waals surface area contributed by atoms with Gasteiger partial charge >= 0.3 is 6.36 Å². The first kappa shape index (κ1) is 16.6. The van der Waals surface area contributed by atoms with Crippen molar-refractivity contribution < 1.29 is 27.1 Å². The Bertz CT molecular complexity index is 882. The van der Waals surface area contributed by atoms with Crippen LogP contribution < -0.4 is 10.2 Å². The summed E-state index contributed by atoms with van der Waals surface area (Å²) in [6.45, 7) is 0. The Hall–Kier alpha value is -3.29. The van der Waals surface area contributed by atoms with Gasteiger partial charge in [0.25, 0.3) is 5.91 Å². The number of carbonyl (C=O) groups is 1. The summed E-state index contributed by atoms with van der Waals surface area (Å²) in [6.07, 6.45) is -3.44. The lowest BCUT2D eigenvalue weighted by atomic mass is 10.2. The Morgan fingerprint density at radius 1 is 1.12 bits per heavy atom. The van der Waals surface area contributed by atoms with Crippen molar-refractivity contribution in [2.75, 3.05) is 0 Å². The Labute approximate surface area is 139 Å². The van der Waals surface area contributed by atoms with Crippen molar-refractivity contribution in [2.45, 2.75) is 6.36 Å². The van der Waals surface area contributed by atoms with Crippen LogP contribution in [0.5, 0.6) is 5.75 Å². The second kappa shape index (κ2) is 6.68. The number of ether oxygens (including phenoxy) is 1. The molecule has 0 fully saturated rings. The molecule has 0 aliphatic heterocycles. The maximum Gasteiger partial charge on any atom is 0.573 e. The SMILES string of the molecule is O=C(N/N=C/c1cc2ccccc2o1)c1ccc(OC(F)(F)F)cc1. The first-order valence-electron chi connectivity index (χ1n) is 7.08. The number of para-hydroxylation sites is 1. The maximum absolute atomic E-state index is 12.1. The molecule has 8 heteroatoms. The van der Waals surface area contributed by atoms with Gasteiger partial charge in [0.15, 0.2) is 0 Å². The number of nitrogens with zero attached hydrogens (tertiary/aromatic N) is 1. The average molecular weight is 348 g/mol. The molecule has 5 nitrogen and oxygen atoms in total. The fourth-order valence-electron chi connectivity index (χ4n) is 2.09. The van der Waals surface area contributed by atoms with Crippen molar-refractivity contribution in [1.29, 1.82) is 0 Å². The fourth-order valence-corrected chi connectivity index (χ4v) is 2.09. The lowest BCUT2D eigenvalue weighted by molar-refractivity contribution is -0.274. The van der Waals surface area contributed by atoms with Crippen molar-refractivity contribution in [1.82, 2.24) is 5.43 Å². The first-order chi connectivity index (χ1) is 11.9. The number of hydrogen-bond donors (Lipinski definition) is 1. The average Bonchev–Trinajstić information content (AvgIpc) is 2.96. The van der Waals surface area contributed by atoms with Gasteiger partial charge in [-0.25, -0.2) is 5.43 Å². The molecule has 2 aromatic carbocycles. The number of amides is 1. The van der Waals surface area contributed by atoms with E-state index in [1.165, 1.54) is 18.3 Å². The molecule has 0 aliphatic carbocycles. The predicted molar refractivity (Wildman–Crippen MR) is 84.4 cm³/mol. The van der Waals surface area contributed by atoms with E-state index in [1.54, 1.807) is 12.1 Å². The number of furan rings is 1. The third-order valence-electron chi connectivity index (χ3n) is 3.15. The third kappa shape index (κ3) is 4.37. The highest BCUT2D eigenvalue weighted by molar-refractivity contribution is 5.95. The quantitative estimate of drug-likeness (QED) is 0.570. The first-order valence-corrected chi connectivity index (χ1v) is 7.08. The summed E-state index contributed by atoms with van der Waals surface area (Å²) in [5, 5.41) is 4.66. The Kier molecular flexibility index (Phi) is 4.42. The number of hydrogen-bond acceptors (Lipinski definition) is 4. The van der Waals surface area contributed by atoms with Gasteiger partial charge in [-0.1, -0.05) is 18.2 Å². The number of halogens is 3. The molecule has 0 radical (unpaired) electrons. The van der Waals surface area contributed by atoms with Gasteiger partial charge in [-0.15, -0.1) is 13.2 Å². The minimum Gasteiger partial charge on any atom is -0.455 e. The van der Waals surface area contributed by atoms with Crippen molar-refractivity contribution >= 4 is 23.1 Å². The van der Waals surface area contributed by atoms with Gasteiger partial charge < -0.3 is 9.15 Å². The van der Waals surface area contributed by atoms with Gasteiger partial charge in [-0.3, -0.25) is 4.79 Å². The monoisotopic (exact) mass is 348 g/mol. The second-order valence-corrected chi connectivity index (χ2v) is 4.96. The van der Waals surface area contributed by atoms with Crippen LogP contribution in [0.2, 0.25) is 0 Å². The predicted octanol–water partition coefficient (Wildman–Crippen LogP) is 4.10. The number of carbonyl (C=O) groups excluding carboxylic acids is 1. The summed E-state index contributed by atoms with van der Waals surface area (Å²) in [7, 11) is 0. The highest BCUT2D eigenvalue weighted by atomic mass is 19.4. The minimum atomic E-state index is -4.78. The summed E-state index contributed by atoms with van der Waals surface area (Å²) in [4.78, 5) is 11.9. The molecule has 1 N–H and O–H groups in total. The fraction of sp³-hybridized carbons (Fsp3) is 0.0588. The molecule has 0 unspecified atom stereocenters. The summed E-state index contributed by atoms with van der Waals surface area (Å²) in [5.41, 5.74) is 3.09. The van der Waals surface area contributed by atoms with Crippen molar-refractivity contribution in [3.05, 3.63) is 65.9 Å². The van der Waals surface area contributed by atoms with Gasteiger partial charge in [0.2, 0.25) is 0 Å². The zero-order chi connectivity index (χ0) is 17.9. The number of rotatable bonds is 4. The molecular weight excluding hydrogens is 337 g/mol. The highest BCUT2D eigenvalue weighted by Crippen LogP contribution is 2.22. The van der Waals surface area contributed by atoms with Crippen LogP contribution in [0.4, 0.5) is 13.2 Å². The van der Waals surface area contributed by atoms with Gasteiger partial charge in [0, 0.05) is 10.9 Å². The number of hydrazone groups is 1. The van der Waals surface area contributed by atoms with Crippen molar-refractivity contribution in [3.8, 4) is 5.75 Å². The van der Waals surface area contributed by atoms with Crippen LogP contribution in [0, 0.1) is 0 Å². The standard InChI is InChI=1S/C17H11F3N2O3/c18-17(19,20)25-13-7-5-11(6-8-13)16(23)22-21-10-14-9-12-3-1-2-4-15(12)24-14/h1-10H,(H,22,23)/b21-10+. The van der Waals surface area contributed by atoms with Crippen LogP contribution in [0.3, 0.4) is 0 Å². The summed E-state index contributed by atoms with van der Waals surface area (Å²) < 4.78 is 45.5. The molecule has 3 rings (SSSR count). The molecule has 128 valence electrons. The molecular formula is C17H11F3N2O3. The second-order valence-electron chi connectivity index (χ2n) is 4.96. The third-order valence-corrected chi connectivity index (χ3v) is 3.15. The van der Waals surface area contributed by atoms with E-state index in [1.807, 2.05) is 18.2 Å². The van der Waals surface area contributed by atoms with Crippen LogP contribution in [0.1, 0.15) is 16.1 Å². The van der Waals surface area contributed by atoms with E-state index in [0.29, 0.717) is 11.3 Å². The number of alkyl halides is 3. The topological polar surface area (TPSA) is 63.8 Å². The summed E-state index contributed by atoms with van der Waals surface area (Å²) in [6, 6.07) is 13.6. The van der Waals surface area contributed by atoms with E-state index in [2.05, 4.69) is 15.3 Å². The van der Waals surface area contributed by atoms with E-state index in [-0.39, 0.29) is 5.56 Å². The molecule has 1 amide bonds. The van der Waals surface area contributed by atoms with Crippen molar-refractivity contribution in [2.24, 2.45) is 5.10 Å². The number of fused-ring (bicyclic) bond motifs is 1. The van der Waals surface area contributed by atoms with Gasteiger partial charge in [0.1, 0.15) is 17.1 Å². The molecule has 1 aromatic heterocycles. The molecule has 1 heterocycles. The normalized spacial score (nSPS) is 11.8. The zero-order valence-corrected chi connectivity index (χ0v) is 12.6. The molecule has 0 spiro atoms. The van der Waals surface area contributed by atoms with E-state index < -0.39 is 18.0 Å². The molecule has 0 atom stereocenters. The van der Waals surface area contributed by atoms with E-state index >= 15 is 0 Å². The molecule has 0 saturated carbocycles. The largest absolute Gasteiger partial charge is 0.573 e. The van der Waals surface area contributed by atoms with Gasteiger partial charge in [-0.05, 0) is 36.4 Å². The Balaban J connectivity index is 1.62. The van der Waals surface area contributed by atoms with E-state index in [0.717, 1.165) is 17.5 Å². The van der Waals surface area contributed by atoms with E-state index in [4.69, 9.17) is 4.42 Å². The summed E-state index contributed by atoms with van der Waals surface area (Å²) in [5.74, 6) is -0.531. The Morgan fingerprint density at radius 3 is 2.52 bits per heavy atom. The minimum absolute atomic E-state index is 0.135. The molecule has 3 aromatic rings. The zero-order valence-electron chi connectivity index (χ0n) is 12.6. The highest BCUT2D eigenvalue weighted by Gasteiger charge is 2.31. The Morgan fingerprint density at radius 2 is 1.84 bits per heavy atom. The van der Waals surface area contributed by atoms with Crippen LogP contribution in [-0.4, -0.2) is 18.5 Å².